The van der Waals surface area contributed by atoms with E-state index in [1.54, 1.807) is 44.2 Å². The highest BCUT2D eigenvalue weighted by Crippen LogP contribution is 2.49. The number of hydrogen-bond acceptors (Lipinski definition) is 6. The third-order valence-corrected chi connectivity index (χ3v) is 6.33. The number of para-hydroxylation sites is 1. The Hall–Kier alpha value is -3.11. The lowest BCUT2D eigenvalue weighted by molar-refractivity contribution is -0.141. The summed E-state index contributed by atoms with van der Waals surface area (Å²) >= 11 is 7.55. The summed E-state index contributed by atoms with van der Waals surface area (Å²) in [7, 11) is 0. The molecule has 2 atom stereocenters. The number of carboxylic acids is 1. The number of amides is 2. The van der Waals surface area contributed by atoms with Gasteiger partial charge in [0.15, 0.2) is 11.9 Å². The van der Waals surface area contributed by atoms with Gasteiger partial charge in [-0.1, -0.05) is 49.3 Å². The number of ketones is 1. The number of alkyl halides is 1. The van der Waals surface area contributed by atoms with E-state index in [4.69, 9.17) is 21.4 Å². The standard InChI is InChI=1S/C23H22ClFN2O6S/c1-12(2)21(22(31)26-14(10-20(29)30)17(28)11-25)33-23(32)27-15-5-3-4-6-18(15)34-19-9-13(24)7-8-16(19)27/h3-9,12,14,21H,10-11H2,1-2H3,(H,26,31)(H,29,30)/t14?,21-/m0/s1. The summed E-state index contributed by atoms with van der Waals surface area (Å²) in [4.78, 5) is 51.8. The van der Waals surface area contributed by atoms with Gasteiger partial charge in [0, 0.05) is 14.8 Å². The summed E-state index contributed by atoms with van der Waals surface area (Å²) in [6.07, 6.45) is -3.01. The van der Waals surface area contributed by atoms with Gasteiger partial charge in [-0.25, -0.2) is 14.1 Å². The van der Waals surface area contributed by atoms with E-state index in [1.165, 1.54) is 16.7 Å². The van der Waals surface area contributed by atoms with Crippen molar-refractivity contribution >= 4 is 58.5 Å². The van der Waals surface area contributed by atoms with Crippen LogP contribution in [0.1, 0.15) is 20.3 Å². The highest BCUT2D eigenvalue weighted by molar-refractivity contribution is 7.99. The minimum Gasteiger partial charge on any atom is -0.481 e. The first-order chi connectivity index (χ1) is 16.1. The molecule has 8 nitrogen and oxygen atoms in total. The third kappa shape index (κ3) is 5.68. The van der Waals surface area contributed by atoms with Crippen molar-refractivity contribution < 1.29 is 33.4 Å². The first kappa shape index (κ1) is 25.5. The van der Waals surface area contributed by atoms with E-state index >= 15 is 0 Å². The Kier molecular flexibility index (Phi) is 8.16. The zero-order valence-electron chi connectivity index (χ0n) is 18.3. The van der Waals surface area contributed by atoms with Crippen molar-refractivity contribution in [3.63, 3.8) is 0 Å². The molecule has 0 saturated carbocycles. The lowest BCUT2D eigenvalue weighted by Gasteiger charge is -2.32. The molecule has 1 heterocycles. The maximum atomic E-state index is 13.3. The van der Waals surface area contributed by atoms with Crippen molar-refractivity contribution in [2.45, 2.75) is 42.2 Å². The number of fused-ring (bicyclic) bond motifs is 2. The molecule has 2 N–H and O–H groups in total. The number of nitrogens with zero attached hydrogens (tertiary/aromatic N) is 1. The molecule has 1 aliphatic rings. The van der Waals surface area contributed by atoms with Gasteiger partial charge in [-0.2, -0.15) is 0 Å². The predicted molar refractivity (Wildman–Crippen MR) is 124 cm³/mol. The van der Waals surface area contributed by atoms with E-state index in [2.05, 4.69) is 5.32 Å². The van der Waals surface area contributed by atoms with Gasteiger partial charge in [-0.05, 0) is 36.2 Å². The number of aliphatic carboxylic acids is 1. The average molecular weight is 509 g/mol. The first-order valence-electron chi connectivity index (χ1n) is 10.3. The van der Waals surface area contributed by atoms with E-state index in [-0.39, 0.29) is 0 Å². The molecule has 0 radical (unpaired) electrons. The summed E-state index contributed by atoms with van der Waals surface area (Å²) in [5, 5.41) is 11.7. The second-order valence-electron chi connectivity index (χ2n) is 7.82. The molecule has 34 heavy (non-hydrogen) atoms. The Bertz CT molecular complexity index is 1130. The SMILES string of the molecule is CC(C)[C@H](OC(=O)N1c2ccccc2Sc2cc(Cl)ccc21)C(=O)NC(CC(=O)O)C(=O)CF. The summed E-state index contributed by atoms with van der Waals surface area (Å²) < 4.78 is 18.4. The van der Waals surface area contributed by atoms with Gasteiger partial charge < -0.3 is 15.2 Å². The van der Waals surface area contributed by atoms with Gasteiger partial charge in [0.2, 0.25) is 0 Å². The van der Waals surface area contributed by atoms with Crippen molar-refractivity contribution in [3.05, 3.63) is 47.5 Å². The Morgan fingerprint density at radius 3 is 2.44 bits per heavy atom. The molecule has 0 fully saturated rings. The van der Waals surface area contributed by atoms with E-state index in [0.29, 0.717) is 21.3 Å². The topological polar surface area (TPSA) is 113 Å². The molecule has 0 saturated heterocycles. The predicted octanol–water partition coefficient (Wildman–Crippen LogP) is 4.60. The van der Waals surface area contributed by atoms with Crippen LogP contribution in [0, 0.1) is 5.92 Å². The molecule has 1 unspecified atom stereocenters. The molecule has 0 spiro atoms. The number of hydrogen-bond donors (Lipinski definition) is 2. The lowest BCUT2D eigenvalue weighted by atomic mass is 10.0. The molecular weight excluding hydrogens is 487 g/mol. The van der Waals surface area contributed by atoms with E-state index in [0.717, 1.165) is 4.90 Å². The number of anilines is 2. The van der Waals surface area contributed by atoms with Crippen molar-refractivity contribution in [2.75, 3.05) is 11.6 Å². The number of ether oxygens (including phenoxy) is 1. The average Bonchev–Trinajstić information content (AvgIpc) is 2.79. The fourth-order valence-electron chi connectivity index (χ4n) is 3.35. The van der Waals surface area contributed by atoms with E-state index in [1.807, 2.05) is 12.1 Å². The molecule has 180 valence electrons. The van der Waals surface area contributed by atoms with Crippen LogP contribution < -0.4 is 10.2 Å². The maximum absolute atomic E-state index is 13.3. The number of carbonyl (C=O) groups is 4. The molecule has 2 amide bonds. The second-order valence-corrected chi connectivity index (χ2v) is 9.34. The largest absolute Gasteiger partial charge is 0.481 e. The van der Waals surface area contributed by atoms with Crippen LogP contribution >= 0.6 is 23.4 Å². The van der Waals surface area contributed by atoms with Gasteiger partial charge in [0.05, 0.1) is 17.8 Å². The van der Waals surface area contributed by atoms with Crippen LogP contribution in [0.25, 0.3) is 0 Å². The van der Waals surface area contributed by atoms with Crippen molar-refractivity contribution in [3.8, 4) is 0 Å². The second kappa shape index (κ2) is 10.9. The molecule has 0 bridgehead atoms. The van der Waals surface area contributed by atoms with Crippen LogP contribution in [0.3, 0.4) is 0 Å². The number of halogens is 2. The minimum absolute atomic E-state index is 0.486. The van der Waals surface area contributed by atoms with Crippen LogP contribution in [0.5, 0.6) is 0 Å². The number of rotatable bonds is 8. The first-order valence-corrected chi connectivity index (χ1v) is 11.5. The van der Waals surface area contributed by atoms with E-state index in [9.17, 15) is 23.6 Å². The summed E-state index contributed by atoms with van der Waals surface area (Å²) in [5.74, 6) is -3.90. The maximum Gasteiger partial charge on any atom is 0.419 e. The van der Waals surface area contributed by atoms with Crippen LogP contribution in [0.4, 0.5) is 20.6 Å². The Morgan fingerprint density at radius 2 is 1.79 bits per heavy atom. The molecule has 1 aliphatic heterocycles. The highest BCUT2D eigenvalue weighted by atomic mass is 35.5. The molecule has 2 aromatic rings. The Labute approximate surface area is 204 Å². The smallest absolute Gasteiger partial charge is 0.419 e. The van der Waals surface area contributed by atoms with Gasteiger partial charge >= 0.3 is 12.1 Å². The number of nitrogens with one attached hydrogen (secondary N) is 1. The van der Waals surface area contributed by atoms with Gasteiger partial charge in [0.1, 0.15) is 12.7 Å². The minimum atomic E-state index is -1.58. The van der Waals surface area contributed by atoms with Crippen molar-refractivity contribution in [1.82, 2.24) is 5.32 Å². The van der Waals surface area contributed by atoms with Gasteiger partial charge in [-0.3, -0.25) is 14.4 Å². The van der Waals surface area contributed by atoms with Crippen LogP contribution in [-0.2, 0) is 19.1 Å². The quantitative estimate of drug-likeness (QED) is 0.535. The Balaban J connectivity index is 1.88. The lowest BCUT2D eigenvalue weighted by Crippen LogP contribution is -2.50. The fraction of sp³-hybridized carbons (Fsp3) is 0.304. The highest BCUT2D eigenvalue weighted by Gasteiger charge is 2.35. The van der Waals surface area contributed by atoms with Crippen LogP contribution in [0.2, 0.25) is 5.02 Å². The monoisotopic (exact) mass is 508 g/mol. The number of carbonyl (C=O) groups excluding carboxylic acids is 3. The number of carboxylic acid groups (broad SMARTS) is 1. The normalized spacial score (nSPS) is 14.0. The van der Waals surface area contributed by atoms with Gasteiger partial charge in [-0.15, -0.1) is 0 Å². The summed E-state index contributed by atoms with van der Waals surface area (Å²) in [6, 6.07) is 10.6. The summed E-state index contributed by atoms with van der Waals surface area (Å²) in [6.45, 7) is 1.80. The molecule has 0 aromatic heterocycles. The van der Waals surface area contributed by atoms with Crippen molar-refractivity contribution in [1.29, 1.82) is 0 Å². The molecule has 11 heteroatoms. The fourth-order valence-corrected chi connectivity index (χ4v) is 4.68. The zero-order chi connectivity index (χ0) is 25.0. The molecule has 2 aromatic carbocycles. The zero-order valence-corrected chi connectivity index (χ0v) is 19.9. The number of benzene rings is 2. The van der Waals surface area contributed by atoms with Crippen molar-refractivity contribution in [2.24, 2.45) is 5.92 Å². The van der Waals surface area contributed by atoms with Crippen LogP contribution in [0.15, 0.2) is 52.3 Å². The Morgan fingerprint density at radius 1 is 1.12 bits per heavy atom. The number of Topliss-reactive ketones (excluding diaryl/α,β-unsaturated/α-hetero) is 1. The van der Waals surface area contributed by atoms with Crippen LogP contribution in [-0.4, -0.2) is 47.7 Å². The third-order valence-electron chi connectivity index (χ3n) is 4.98. The van der Waals surface area contributed by atoms with E-state index < -0.39 is 54.9 Å². The summed E-state index contributed by atoms with van der Waals surface area (Å²) in [5.41, 5.74) is 1.06. The molecule has 0 aliphatic carbocycles. The molecular formula is C23H22ClFN2O6S. The van der Waals surface area contributed by atoms with Gasteiger partial charge in [0.25, 0.3) is 5.91 Å². The molecule has 3 rings (SSSR count).